The molecule has 0 amide bonds. The van der Waals surface area contributed by atoms with Crippen LogP contribution in [-0.4, -0.2) is 0 Å². The van der Waals surface area contributed by atoms with E-state index in [0.29, 0.717) is 13.1 Å². The minimum Gasteiger partial charge on any atom is -0.0892 e. The Morgan fingerprint density at radius 2 is 0.955 bits per heavy atom. The van der Waals surface area contributed by atoms with Gasteiger partial charge in [0.1, 0.15) is 0 Å². The van der Waals surface area contributed by atoms with Gasteiger partial charge in [-0.2, -0.15) is 0 Å². The molecule has 0 atom stereocenters. The van der Waals surface area contributed by atoms with Crippen LogP contribution in [0.5, 0.6) is 0 Å². The number of rotatable bonds is 4. The fourth-order valence-corrected chi connectivity index (χ4v) is 2.85. The summed E-state index contributed by atoms with van der Waals surface area (Å²) < 4.78 is 0. The Morgan fingerprint density at radius 1 is 0.636 bits per heavy atom. The van der Waals surface area contributed by atoms with E-state index in [1.165, 1.54) is 0 Å². The first-order valence-corrected chi connectivity index (χ1v) is 6.79. The molecular formula is C16H12N6. The van der Waals surface area contributed by atoms with Crippen molar-refractivity contribution in [1.29, 1.82) is 0 Å². The molecule has 0 aliphatic carbocycles. The maximum Gasteiger partial charge on any atom is 0.0523 e. The van der Waals surface area contributed by atoms with Gasteiger partial charge in [-0.1, -0.05) is 58.8 Å². The first kappa shape index (κ1) is 13.8. The van der Waals surface area contributed by atoms with Crippen molar-refractivity contribution in [3.8, 4) is 0 Å². The Kier molecular flexibility index (Phi) is 3.79. The minimum atomic E-state index is 0.291. The monoisotopic (exact) mass is 288 g/mol. The third-order valence-corrected chi connectivity index (χ3v) is 3.74. The lowest BCUT2D eigenvalue weighted by atomic mass is 9.92. The number of benzene rings is 3. The lowest BCUT2D eigenvalue weighted by Crippen LogP contribution is -1.94. The highest BCUT2D eigenvalue weighted by molar-refractivity contribution is 6.05. The Labute approximate surface area is 126 Å². The lowest BCUT2D eigenvalue weighted by molar-refractivity contribution is 1.06. The number of fused-ring (bicyclic) bond motifs is 2. The Bertz CT molecular complexity index is 814. The average molecular weight is 288 g/mol. The molecule has 3 rings (SSSR count). The number of azide groups is 2. The van der Waals surface area contributed by atoms with Crippen LogP contribution in [0.1, 0.15) is 11.1 Å². The van der Waals surface area contributed by atoms with E-state index in [0.717, 1.165) is 32.7 Å². The highest BCUT2D eigenvalue weighted by Crippen LogP contribution is 2.33. The standard InChI is InChI=1S/C16H12N6/c17-21-19-9-15-11-5-1-2-6-12(11)16(10-20-22-18)14-8-4-3-7-13(14)15/h1-8H,9-10H2. The van der Waals surface area contributed by atoms with Gasteiger partial charge in [-0.05, 0) is 43.7 Å². The van der Waals surface area contributed by atoms with Gasteiger partial charge in [-0.3, -0.25) is 0 Å². The molecule has 6 heteroatoms. The topological polar surface area (TPSA) is 97.5 Å². The second kappa shape index (κ2) is 6.06. The Hall–Kier alpha value is -3.20. The molecule has 0 fully saturated rings. The highest BCUT2D eigenvalue weighted by Gasteiger charge is 2.12. The van der Waals surface area contributed by atoms with Crippen molar-refractivity contribution in [2.45, 2.75) is 13.1 Å². The first-order chi connectivity index (χ1) is 10.9. The zero-order valence-corrected chi connectivity index (χ0v) is 11.7. The third-order valence-electron chi connectivity index (χ3n) is 3.74. The van der Waals surface area contributed by atoms with Gasteiger partial charge in [0.2, 0.25) is 0 Å². The van der Waals surface area contributed by atoms with Crippen LogP contribution in [0.4, 0.5) is 0 Å². The molecule has 106 valence electrons. The van der Waals surface area contributed by atoms with Gasteiger partial charge in [-0.25, -0.2) is 0 Å². The fourth-order valence-electron chi connectivity index (χ4n) is 2.85. The molecule has 0 N–H and O–H groups in total. The van der Waals surface area contributed by atoms with E-state index in [4.69, 9.17) is 11.1 Å². The molecule has 3 aromatic rings. The smallest absolute Gasteiger partial charge is 0.0523 e. The van der Waals surface area contributed by atoms with Crippen molar-refractivity contribution in [2.24, 2.45) is 10.2 Å². The van der Waals surface area contributed by atoms with Crippen molar-refractivity contribution in [2.75, 3.05) is 0 Å². The van der Waals surface area contributed by atoms with E-state index in [2.05, 4.69) is 20.1 Å². The Balaban J connectivity index is 2.46. The molecule has 0 aliphatic rings. The first-order valence-electron chi connectivity index (χ1n) is 6.79. The van der Waals surface area contributed by atoms with Gasteiger partial charge in [-0.15, -0.1) is 0 Å². The van der Waals surface area contributed by atoms with Crippen LogP contribution in [0.2, 0.25) is 0 Å². The molecule has 22 heavy (non-hydrogen) atoms. The van der Waals surface area contributed by atoms with Gasteiger partial charge >= 0.3 is 0 Å². The summed E-state index contributed by atoms with van der Waals surface area (Å²) in [6.07, 6.45) is 0. The lowest BCUT2D eigenvalue weighted by Gasteiger charge is -2.14. The summed E-state index contributed by atoms with van der Waals surface area (Å²) in [4.78, 5) is 5.75. The van der Waals surface area contributed by atoms with E-state index in [9.17, 15) is 0 Å². The zero-order valence-electron chi connectivity index (χ0n) is 11.7. The summed E-state index contributed by atoms with van der Waals surface area (Å²) in [5.41, 5.74) is 19.3. The molecule has 0 spiro atoms. The maximum atomic E-state index is 8.65. The van der Waals surface area contributed by atoms with Crippen LogP contribution in [0, 0.1) is 0 Å². The van der Waals surface area contributed by atoms with E-state index in [1.807, 2.05) is 48.5 Å². The molecule has 0 aliphatic heterocycles. The van der Waals surface area contributed by atoms with E-state index in [1.54, 1.807) is 0 Å². The van der Waals surface area contributed by atoms with Crippen molar-refractivity contribution >= 4 is 21.5 Å². The molecular weight excluding hydrogens is 276 g/mol. The van der Waals surface area contributed by atoms with Gasteiger partial charge < -0.3 is 0 Å². The highest BCUT2D eigenvalue weighted by atomic mass is 15.1. The molecule has 0 radical (unpaired) electrons. The van der Waals surface area contributed by atoms with Crippen LogP contribution in [0.3, 0.4) is 0 Å². The molecule has 0 heterocycles. The quantitative estimate of drug-likeness (QED) is 0.258. The second-order valence-electron chi connectivity index (χ2n) is 4.83. The summed E-state index contributed by atoms with van der Waals surface area (Å²) in [6, 6.07) is 15.8. The summed E-state index contributed by atoms with van der Waals surface area (Å²) in [5.74, 6) is 0. The van der Waals surface area contributed by atoms with Crippen molar-refractivity contribution in [3.05, 3.63) is 80.5 Å². The van der Waals surface area contributed by atoms with Crippen LogP contribution in [0.15, 0.2) is 58.8 Å². The normalized spacial score (nSPS) is 10.2. The third kappa shape index (κ3) is 2.29. The van der Waals surface area contributed by atoms with Crippen LogP contribution < -0.4 is 0 Å². The SMILES string of the molecule is [N-]=[N+]=NCc1c2ccccc2c(CN=[N+]=[N-])c2ccccc12. The molecule has 6 nitrogen and oxygen atoms in total. The van der Waals surface area contributed by atoms with Crippen molar-refractivity contribution < 1.29 is 0 Å². The zero-order chi connectivity index (χ0) is 15.4. The number of hydrogen-bond acceptors (Lipinski definition) is 2. The molecule has 0 saturated carbocycles. The number of hydrogen-bond donors (Lipinski definition) is 0. The molecule has 0 aromatic heterocycles. The summed E-state index contributed by atoms with van der Waals surface area (Å²) in [6.45, 7) is 0.582. The number of nitrogens with zero attached hydrogens (tertiary/aromatic N) is 6. The van der Waals surface area contributed by atoms with E-state index >= 15 is 0 Å². The summed E-state index contributed by atoms with van der Waals surface area (Å²) in [5, 5.41) is 11.6. The predicted octanol–water partition coefficient (Wildman–Crippen LogP) is 5.61. The molecule has 3 aromatic carbocycles. The average Bonchev–Trinajstić information content (AvgIpc) is 2.58. The van der Waals surface area contributed by atoms with Crippen molar-refractivity contribution in [1.82, 2.24) is 0 Å². The molecule has 0 saturated heterocycles. The van der Waals surface area contributed by atoms with Gasteiger partial charge in [0, 0.05) is 9.82 Å². The molecule has 0 unspecified atom stereocenters. The largest absolute Gasteiger partial charge is 0.0892 e. The summed E-state index contributed by atoms with van der Waals surface area (Å²) >= 11 is 0. The van der Waals surface area contributed by atoms with Crippen molar-refractivity contribution in [3.63, 3.8) is 0 Å². The van der Waals surface area contributed by atoms with Gasteiger partial charge in [0.15, 0.2) is 0 Å². The van der Waals surface area contributed by atoms with E-state index in [-0.39, 0.29) is 0 Å². The van der Waals surface area contributed by atoms with Gasteiger partial charge in [0.25, 0.3) is 0 Å². The van der Waals surface area contributed by atoms with Crippen LogP contribution in [-0.2, 0) is 13.1 Å². The van der Waals surface area contributed by atoms with Crippen LogP contribution in [0.25, 0.3) is 42.4 Å². The maximum absolute atomic E-state index is 8.65. The summed E-state index contributed by atoms with van der Waals surface area (Å²) in [7, 11) is 0. The van der Waals surface area contributed by atoms with Crippen LogP contribution >= 0.6 is 0 Å². The Morgan fingerprint density at radius 3 is 1.23 bits per heavy atom. The van der Waals surface area contributed by atoms with Gasteiger partial charge in [0.05, 0.1) is 13.1 Å². The fraction of sp³-hybridized carbons (Fsp3) is 0.125. The minimum absolute atomic E-state index is 0.291. The second-order valence-corrected chi connectivity index (χ2v) is 4.83. The van der Waals surface area contributed by atoms with E-state index < -0.39 is 0 Å². The molecule has 0 bridgehead atoms. The predicted molar refractivity (Wildman–Crippen MR) is 87.2 cm³/mol.